The molecule has 0 bridgehead atoms. The van der Waals surface area contributed by atoms with E-state index < -0.39 is 5.82 Å². The van der Waals surface area contributed by atoms with E-state index in [0.29, 0.717) is 11.5 Å². The molecule has 19 heavy (non-hydrogen) atoms. The zero-order valence-corrected chi connectivity index (χ0v) is 11.6. The van der Waals surface area contributed by atoms with Crippen molar-refractivity contribution in [2.45, 2.75) is 19.4 Å². The van der Waals surface area contributed by atoms with E-state index in [1.807, 2.05) is 0 Å². The molecule has 1 aromatic heterocycles. The van der Waals surface area contributed by atoms with Gasteiger partial charge in [0.15, 0.2) is 0 Å². The van der Waals surface area contributed by atoms with Crippen molar-refractivity contribution in [2.24, 2.45) is 5.92 Å². The number of hydrogen-bond donors (Lipinski definition) is 1. The third-order valence-corrected chi connectivity index (χ3v) is 3.62. The molecule has 1 aliphatic rings. The molecule has 106 valence electrons. The molecule has 0 aliphatic carbocycles. The zero-order valence-electron chi connectivity index (χ0n) is 11.6. The van der Waals surface area contributed by atoms with Crippen LogP contribution in [0.15, 0.2) is 12.3 Å². The van der Waals surface area contributed by atoms with Gasteiger partial charge in [0.2, 0.25) is 0 Å². The van der Waals surface area contributed by atoms with Crippen molar-refractivity contribution in [1.29, 1.82) is 0 Å². The number of aliphatic hydroxyl groups is 1. The van der Waals surface area contributed by atoms with Crippen molar-refractivity contribution in [1.82, 2.24) is 9.88 Å². The van der Waals surface area contributed by atoms with Gasteiger partial charge in [-0.1, -0.05) is 0 Å². The normalized spacial score (nSPS) is 17.2. The molecule has 1 aliphatic heterocycles. The van der Waals surface area contributed by atoms with Crippen LogP contribution in [0.1, 0.15) is 18.4 Å². The van der Waals surface area contributed by atoms with E-state index in [0.717, 1.165) is 38.3 Å². The van der Waals surface area contributed by atoms with Crippen LogP contribution in [0.5, 0.6) is 0 Å². The highest BCUT2D eigenvalue weighted by Crippen LogP contribution is 2.25. The number of hydrogen-bond acceptors (Lipinski definition) is 4. The van der Waals surface area contributed by atoms with Crippen LogP contribution in [-0.4, -0.2) is 48.7 Å². The first-order valence-corrected chi connectivity index (χ1v) is 6.75. The van der Waals surface area contributed by atoms with Gasteiger partial charge in [0, 0.05) is 25.2 Å². The SMILES string of the molecule is CN(C)CC1CCN(c2ncc(F)cc2CO)CC1. The third kappa shape index (κ3) is 3.64. The Hall–Kier alpha value is -1.20. The van der Waals surface area contributed by atoms with Gasteiger partial charge in [0.1, 0.15) is 11.6 Å². The molecule has 0 saturated carbocycles. The molecule has 0 atom stereocenters. The standard InChI is InChI=1S/C14H22FN3O/c1-17(2)9-11-3-5-18(6-4-11)14-12(10-19)7-13(15)8-16-14/h7-8,11,19H,3-6,9-10H2,1-2H3. The predicted molar refractivity (Wildman–Crippen MR) is 73.6 cm³/mol. The highest BCUT2D eigenvalue weighted by atomic mass is 19.1. The van der Waals surface area contributed by atoms with Crippen LogP contribution in [0.2, 0.25) is 0 Å². The molecule has 0 amide bonds. The molecule has 5 heteroatoms. The van der Waals surface area contributed by atoms with E-state index in [2.05, 4.69) is 28.9 Å². The van der Waals surface area contributed by atoms with E-state index in [-0.39, 0.29) is 6.61 Å². The topological polar surface area (TPSA) is 39.6 Å². The fourth-order valence-corrected chi connectivity index (χ4v) is 2.72. The fraction of sp³-hybridized carbons (Fsp3) is 0.643. The number of aliphatic hydroxyl groups excluding tert-OH is 1. The van der Waals surface area contributed by atoms with Crippen molar-refractivity contribution >= 4 is 5.82 Å². The lowest BCUT2D eigenvalue weighted by Crippen LogP contribution is -2.38. The Labute approximate surface area is 113 Å². The second kappa shape index (κ2) is 6.30. The number of rotatable bonds is 4. The maximum absolute atomic E-state index is 13.1. The number of pyridine rings is 1. The van der Waals surface area contributed by atoms with Crippen LogP contribution in [0.4, 0.5) is 10.2 Å². The van der Waals surface area contributed by atoms with E-state index in [1.165, 1.54) is 12.3 Å². The van der Waals surface area contributed by atoms with Crippen molar-refractivity contribution in [2.75, 3.05) is 38.6 Å². The molecule has 1 fully saturated rings. The summed E-state index contributed by atoms with van der Waals surface area (Å²) < 4.78 is 13.1. The largest absolute Gasteiger partial charge is 0.392 e. The van der Waals surface area contributed by atoms with Crippen LogP contribution < -0.4 is 4.90 Å². The van der Waals surface area contributed by atoms with E-state index in [1.54, 1.807) is 0 Å². The van der Waals surface area contributed by atoms with Gasteiger partial charge in [0.25, 0.3) is 0 Å². The minimum Gasteiger partial charge on any atom is -0.392 e. The Kier molecular flexibility index (Phi) is 4.71. The number of anilines is 1. The molecule has 1 aromatic rings. The second-order valence-electron chi connectivity index (χ2n) is 5.49. The van der Waals surface area contributed by atoms with Gasteiger partial charge >= 0.3 is 0 Å². The number of nitrogens with zero attached hydrogens (tertiary/aromatic N) is 3. The van der Waals surface area contributed by atoms with Crippen LogP contribution in [0.3, 0.4) is 0 Å². The van der Waals surface area contributed by atoms with E-state index >= 15 is 0 Å². The van der Waals surface area contributed by atoms with Gasteiger partial charge in [-0.15, -0.1) is 0 Å². The molecule has 0 aromatic carbocycles. The Bertz CT molecular complexity index is 417. The van der Waals surface area contributed by atoms with Gasteiger partial charge in [0.05, 0.1) is 12.8 Å². The van der Waals surface area contributed by atoms with Gasteiger partial charge in [-0.2, -0.15) is 0 Å². The lowest BCUT2D eigenvalue weighted by molar-refractivity contribution is 0.276. The molecule has 0 unspecified atom stereocenters. The Morgan fingerprint density at radius 3 is 2.68 bits per heavy atom. The monoisotopic (exact) mass is 267 g/mol. The lowest BCUT2D eigenvalue weighted by Gasteiger charge is -2.34. The first-order chi connectivity index (χ1) is 9.10. The minimum atomic E-state index is -0.393. The smallest absolute Gasteiger partial charge is 0.142 e. The molecular formula is C14H22FN3O. The molecule has 2 heterocycles. The molecule has 0 radical (unpaired) electrons. The lowest BCUT2D eigenvalue weighted by atomic mass is 9.96. The second-order valence-corrected chi connectivity index (χ2v) is 5.49. The summed E-state index contributed by atoms with van der Waals surface area (Å²) in [6, 6.07) is 1.37. The van der Waals surface area contributed by atoms with Crippen molar-refractivity contribution in [3.05, 3.63) is 23.6 Å². The molecule has 1 saturated heterocycles. The maximum Gasteiger partial charge on any atom is 0.142 e. The molecule has 0 spiro atoms. The Balaban J connectivity index is 2.01. The first kappa shape index (κ1) is 14.2. The fourth-order valence-electron chi connectivity index (χ4n) is 2.72. The van der Waals surface area contributed by atoms with Gasteiger partial charge in [-0.3, -0.25) is 0 Å². The summed E-state index contributed by atoms with van der Waals surface area (Å²) >= 11 is 0. The summed E-state index contributed by atoms with van der Waals surface area (Å²) in [5.74, 6) is 1.05. The summed E-state index contributed by atoms with van der Waals surface area (Å²) in [4.78, 5) is 8.51. The maximum atomic E-state index is 13.1. The highest BCUT2D eigenvalue weighted by Gasteiger charge is 2.22. The first-order valence-electron chi connectivity index (χ1n) is 6.75. The van der Waals surface area contributed by atoms with Crippen molar-refractivity contribution in [3.63, 3.8) is 0 Å². The predicted octanol–water partition coefficient (Wildman–Crippen LogP) is 1.49. The summed E-state index contributed by atoms with van der Waals surface area (Å²) in [5.41, 5.74) is 0.575. The molecule has 2 rings (SSSR count). The van der Waals surface area contributed by atoms with Crippen LogP contribution >= 0.6 is 0 Å². The van der Waals surface area contributed by atoms with E-state index in [9.17, 15) is 9.50 Å². The van der Waals surface area contributed by atoms with Crippen molar-refractivity contribution in [3.8, 4) is 0 Å². The van der Waals surface area contributed by atoms with Crippen LogP contribution in [0, 0.1) is 11.7 Å². The van der Waals surface area contributed by atoms with Crippen LogP contribution in [-0.2, 0) is 6.61 Å². The highest BCUT2D eigenvalue weighted by molar-refractivity contribution is 5.46. The third-order valence-electron chi connectivity index (χ3n) is 3.62. The summed E-state index contributed by atoms with van der Waals surface area (Å²) in [5, 5.41) is 9.30. The van der Waals surface area contributed by atoms with Gasteiger partial charge in [-0.25, -0.2) is 9.37 Å². The molecule has 4 nitrogen and oxygen atoms in total. The Morgan fingerprint density at radius 1 is 1.42 bits per heavy atom. The molecular weight excluding hydrogens is 245 g/mol. The summed E-state index contributed by atoms with van der Waals surface area (Å²) in [7, 11) is 4.19. The average molecular weight is 267 g/mol. The minimum absolute atomic E-state index is 0.169. The number of piperidine rings is 1. The van der Waals surface area contributed by atoms with Gasteiger partial charge in [-0.05, 0) is 38.9 Å². The Morgan fingerprint density at radius 2 is 2.11 bits per heavy atom. The zero-order chi connectivity index (χ0) is 13.8. The van der Waals surface area contributed by atoms with E-state index in [4.69, 9.17) is 0 Å². The number of aromatic nitrogens is 1. The average Bonchev–Trinajstić information content (AvgIpc) is 2.39. The van der Waals surface area contributed by atoms with Crippen LogP contribution in [0.25, 0.3) is 0 Å². The summed E-state index contributed by atoms with van der Waals surface area (Å²) in [6.07, 6.45) is 3.45. The quantitative estimate of drug-likeness (QED) is 0.897. The summed E-state index contributed by atoms with van der Waals surface area (Å²) in [6.45, 7) is 2.78. The van der Waals surface area contributed by atoms with Crippen molar-refractivity contribution < 1.29 is 9.50 Å². The number of halogens is 1. The van der Waals surface area contributed by atoms with Gasteiger partial charge < -0.3 is 14.9 Å². The molecule has 1 N–H and O–H groups in total.